The van der Waals surface area contributed by atoms with Gasteiger partial charge < -0.3 is 15.0 Å². The molecule has 0 amide bonds. The highest BCUT2D eigenvalue weighted by atomic mass is 16.3. The number of hydrogen-bond donors (Lipinski definition) is 2. The van der Waals surface area contributed by atoms with Gasteiger partial charge in [-0.2, -0.15) is 0 Å². The van der Waals surface area contributed by atoms with Gasteiger partial charge in [-0.15, -0.1) is 0 Å². The second-order valence-electron chi connectivity index (χ2n) is 4.25. The third kappa shape index (κ3) is 3.32. The van der Waals surface area contributed by atoms with Gasteiger partial charge in [0.05, 0.1) is 12.1 Å². The van der Waals surface area contributed by atoms with Crippen molar-refractivity contribution in [1.29, 1.82) is 0 Å². The van der Waals surface area contributed by atoms with Crippen molar-refractivity contribution >= 4 is 0 Å². The Balaban J connectivity index is 2.63. The van der Waals surface area contributed by atoms with Crippen molar-refractivity contribution in [3.63, 3.8) is 0 Å². The lowest BCUT2D eigenvalue weighted by molar-refractivity contribution is 0.157. The summed E-state index contributed by atoms with van der Waals surface area (Å²) in [5.41, 5.74) is -0.262. The van der Waals surface area contributed by atoms with Crippen LogP contribution in [0.15, 0.2) is 12.4 Å². The van der Waals surface area contributed by atoms with Crippen molar-refractivity contribution in [1.82, 2.24) is 14.9 Å². The zero-order valence-corrected chi connectivity index (χ0v) is 9.82. The molecule has 1 aromatic heterocycles. The Labute approximate surface area is 91.3 Å². The smallest absolute Gasteiger partial charge is 0.105 e. The fourth-order valence-corrected chi connectivity index (χ4v) is 1.54. The summed E-state index contributed by atoms with van der Waals surface area (Å²) in [7, 11) is 0. The largest absolute Gasteiger partial charge is 0.394 e. The quantitative estimate of drug-likeness (QED) is 0.736. The lowest BCUT2D eigenvalue weighted by atomic mass is 10.0. The molecule has 4 nitrogen and oxygen atoms in total. The van der Waals surface area contributed by atoms with Gasteiger partial charge in [0.15, 0.2) is 0 Å². The number of hydrogen-bond acceptors (Lipinski definition) is 3. The maximum Gasteiger partial charge on any atom is 0.105 e. The van der Waals surface area contributed by atoms with Crippen molar-refractivity contribution in [2.24, 2.45) is 0 Å². The minimum atomic E-state index is -0.262. The highest BCUT2D eigenvalue weighted by Crippen LogP contribution is 2.08. The first kappa shape index (κ1) is 12.2. The van der Waals surface area contributed by atoms with Gasteiger partial charge in [0.1, 0.15) is 5.82 Å². The van der Waals surface area contributed by atoms with E-state index in [0.717, 1.165) is 25.3 Å². The van der Waals surface area contributed by atoms with Gasteiger partial charge in [0.25, 0.3) is 0 Å². The third-order valence-corrected chi connectivity index (χ3v) is 2.59. The predicted molar refractivity (Wildman–Crippen MR) is 60.7 cm³/mol. The zero-order chi connectivity index (χ0) is 11.3. The molecule has 0 aliphatic rings. The van der Waals surface area contributed by atoms with Crippen LogP contribution in [-0.2, 0) is 6.54 Å². The highest BCUT2D eigenvalue weighted by Gasteiger charge is 2.23. The molecule has 15 heavy (non-hydrogen) atoms. The van der Waals surface area contributed by atoms with E-state index in [1.54, 1.807) is 6.20 Å². The number of nitrogens with zero attached hydrogens (tertiary/aromatic N) is 2. The molecular weight excluding hydrogens is 190 g/mol. The summed E-state index contributed by atoms with van der Waals surface area (Å²) in [6, 6.07) is 0. The Morgan fingerprint density at radius 3 is 2.80 bits per heavy atom. The minimum Gasteiger partial charge on any atom is -0.394 e. The highest BCUT2D eigenvalue weighted by molar-refractivity contribution is 4.93. The molecule has 1 aromatic rings. The number of aromatic nitrogens is 2. The molecule has 1 rings (SSSR count). The van der Waals surface area contributed by atoms with Crippen LogP contribution in [0.5, 0.6) is 0 Å². The van der Waals surface area contributed by atoms with Crippen molar-refractivity contribution < 1.29 is 5.11 Å². The van der Waals surface area contributed by atoms with Crippen LogP contribution in [0, 0.1) is 6.92 Å². The van der Waals surface area contributed by atoms with E-state index in [0.29, 0.717) is 0 Å². The van der Waals surface area contributed by atoms with Crippen molar-refractivity contribution in [2.75, 3.05) is 13.2 Å². The molecule has 0 bridgehead atoms. The molecule has 0 fully saturated rings. The molecule has 1 heterocycles. The molecule has 0 saturated carbocycles. The van der Waals surface area contributed by atoms with E-state index in [1.165, 1.54) is 0 Å². The summed E-state index contributed by atoms with van der Waals surface area (Å²) in [5.74, 6) is 0.980. The minimum absolute atomic E-state index is 0.130. The van der Waals surface area contributed by atoms with E-state index in [2.05, 4.69) is 21.8 Å². The molecule has 0 saturated heterocycles. The average molecular weight is 211 g/mol. The Bertz CT molecular complexity index is 298. The fourth-order valence-electron chi connectivity index (χ4n) is 1.54. The van der Waals surface area contributed by atoms with Crippen molar-refractivity contribution in [3.05, 3.63) is 18.2 Å². The van der Waals surface area contributed by atoms with Crippen LogP contribution in [0.4, 0.5) is 0 Å². The zero-order valence-electron chi connectivity index (χ0n) is 9.82. The molecule has 4 heteroatoms. The number of rotatable bonds is 6. The van der Waals surface area contributed by atoms with Gasteiger partial charge in [0, 0.05) is 18.9 Å². The fraction of sp³-hybridized carbons (Fsp3) is 0.727. The Kier molecular flexibility index (Phi) is 4.29. The second-order valence-corrected chi connectivity index (χ2v) is 4.25. The molecule has 0 aliphatic carbocycles. The maximum absolute atomic E-state index is 9.41. The Morgan fingerprint density at radius 1 is 1.60 bits per heavy atom. The lowest BCUT2D eigenvalue weighted by Gasteiger charge is -2.29. The van der Waals surface area contributed by atoms with Crippen LogP contribution in [0.1, 0.15) is 26.1 Å². The van der Waals surface area contributed by atoms with Gasteiger partial charge in [0.2, 0.25) is 0 Å². The lowest BCUT2D eigenvalue weighted by Crippen LogP contribution is -2.49. The van der Waals surface area contributed by atoms with E-state index in [1.807, 2.05) is 20.0 Å². The summed E-state index contributed by atoms with van der Waals surface area (Å²) < 4.78 is 2.05. The molecule has 0 radical (unpaired) electrons. The molecule has 0 aromatic carbocycles. The molecule has 0 spiro atoms. The predicted octanol–water partition coefficient (Wildman–Crippen LogP) is 0.942. The van der Waals surface area contributed by atoms with Crippen LogP contribution in [0.2, 0.25) is 0 Å². The molecule has 2 N–H and O–H groups in total. The normalized spacial score (nSPS) is 15.2. The second kappa shape index (κ2) is 5.28. The Hall–Kier alpha value is -0.870. The number of aryl methyl sites for hydroxylation is 1. The van der Waals surface area contributed by atoms with Gasteiger partial charge in [-0.3, -0.25) is 0 Å². The standard InChI is InChI=1S/C11H21N3O/c1-4-5-13-11(3,9-15)8-14-7-6-12-10(14)2/h6-7,13,15H,4-5,8-9H2,1-3H3. The maximum atomic E-state index is 9.41. The molecule has 0 aliphatic heterocycles. The summed E-state index contributed by atoms with van der Waals surface area (Å²) >= 11 is 0. The van der Waals surface area contributed by atoms with E-state index < -0.39 is 0 Å². The summed E-state index contributed by atoms with van der Waals surface area (Å²) in [6.45, 7) is 7.91. The van der Waals surface area contributed by atoms with Gasteiger partial charge in [-0.25, -0.2) is 4.98 Å². The van der Waals surface area contributed by atoms with E-state index in [9.17, 15) is 5.11 Å². The van der Waals surface area contributed by atoms with Crippen LogP contribution >= 0.6 is 0 Å². The van der Waals surface area contributed by atoms with Crippen molar-refractivity contribution in [2.45, 2.75) is 39.3 Å². The first-order valence-corrected chi connectivity index (χ1v) is 5.45. The van der Waals surface area contributed by atoms with E-state index in [-0.39, 0.29) is 12.1 Å². The van der Waals surface area contributed by atoms with Crippen LogP contribution in [0.3, 0.4) is 0 Å². The molecular formula is C11H21N3O. The van der Waals surface area contributed by atoms with Gasteiger partial charge >= 0.3 is 0 Å². The summed E-state index contributed by atoms with van der Waals surface area (Å²) in [6.07, 6.45) is 4.79. The monoisotopic (exact) mass is 211 g/mol. The molecule has 1 unspecified atom stereocenters. The summed E-state index contributed by atoms with van der Waals surface area (Å²) in [4.78, 5) is 4.17. The number of nitrogens with one attached hydrogen (secondary N) is 1. The van der Waals surface area contributed by atoms with Crippen LogP contribution < -0.4 is 5.32 Å². The average Bonchev–Trinajstić information content (AvgIpc) is 2.61. The summed E-state index contributed by atoms with van der Waals surface area (Å²) in [5, 5.41) is 12.8. The molecule has 1 atom stereocenters. The number of aliphatic hydroxyl groups excluding tert-OH is 1. The number of imidazole rings is 1. The van der Waals surface area contributed by atoms with Crippen LogP contribution in [-0.4, -0.2) is 33.3 Å². The first-order chi connectivity index (χ1) is 7.11. The Morgan fingerprint density at radius 2 is 2.33 bits per heavy atom. The third-order valence-electron chi connectivity index (χ3n) is 2.59. The van der Waals surface area contributed by atoms with Crippen LogP contribution in [0.25, 0.3) is 0 Å². The van der Waals surface area contributed by atoms with Gasteiger partial charge in [-0.1, -0.05) is 6.92 Å². The van der Waals surface area contributed by atoms with Gasteiger partial charge in [-0.05, 0) is 26.8 Å². The van der Waals surface area contributed by atoms with E-state index >= 15 is 0 Å². The first-order valence-electron chi connectivity index (χ1n) is 5.45. The van der Waals surface area contributed by atoms with Crippen molar-refractivity contribution in [3.8, 4) is 0 Å². The topological polar surface area (TPSA) is 50.1 Å². The molecule has 86 valence electrons. The number of aliphatic hydroxyl groups is 1. The SMILES string of the molecule is CCCNC(C)(CO)Cn1ccnc1C. The van der Waals surface area contributed by atoms with E-state index in [4.69, 9.17) is 0 Å².